The van der Waals surface area contributed by atoms with Gasteiger partial charge in [0.05, 0.1) is 0 Å². The standard InChI is InChI=1S/C13H20F2O3Si/c1-17-19(16,18-2)9-5-3-4-6-11-7-8-12(14)13(15)10-11/h7-8,10,16H,3-6,9H2,1-2H3. The second-order valence-corrected chi connectivity index (χ2v) is 7.17. The number of hydrogen-bond acceptors (Lipinski definition) is 3. The van der Waals surface area contributed by atoms with Gasteiger partial charge in [0.2, 0.25) is 0 Å². The summed E-state index contributed by atoms with van der Waals surface area (Å²) in [6, 6.07) is 4.47. The molecular weight excluding hydrogens is 270 g/mol. The third-order valence-electron chi connectivity index (χ3n) is 3.08. The Labute approximate surface area is 113 Å². The molecule has 108 valence electrons. The molecule has 19 heavy (non-hydrogen) atoms. The van der Waals surface area contributed by atoms with E-state index < -0.39 is 20.4 Å². The zero-order valence-electron chi connectivity index (χ0n) is 11.3. The van der Waals surface area contributed by atoms with Crippen molar-refractivity contribution in [1.82, 2.24) is 0 Å². The molecule has 6 heteroatoms. The molecule has 1 rings (SSSR count). The third-order valence-corrected chi connectivity index (χ3v) is 5.34. The summed E-state index contributed by atoms with van der Waals surface area (Å²) in [6.07, 6.45) is 3.20. The van der Waals surface area contributed by atoms with E-state index in [0.717, 1.165) is 30.9 Å². The maximum absolute atomic E-state index is 13.0. The lowest BCUT2D eigenvalue weighted by Crippen LogP contribution is -2.39. The minimum atomic E-state index is -2.95. The van der Waals surface area contributed by atoms with Crippen LogP contribution in [-0.2, 0) is 15.3 Å². The van der Waals surface area contributed by atoms with Crippen LogP contribution in [0.25, 0.3) is 0 Å². The Morgan fingerprint density at radius 2 is 1.74 bits per heavy atom. The van der Waals surface area contributed by atoms with Crippen LogP contribution in [0.2, 0.25) is 6.04 Å². The molecule has 0 aliphatic heterocycles. The van der Waals surface area contributed by atoms with E-state index in [0.29, 0.717) is 12.5 Å². The van der Waals surface area contributed by atoms with E-state index in [2.05, 4.69) is 0 Å². The smallest absolute Gasteiger partial charge is 0.390 e. The maximum Gasteiger partial charge on any atom is 0.497 e. The van der Waals surface area contributed by atoms with Crippen LogP contribution >= 0.6 is 0 Å². The van der Waals surface area contributed by atoms with Crippen LogP contribution in [0.1, 0.15) is 24.8 Å². The Balaban J connectivity index is 2.26. The Morgan fingerprint density at radius 1 is 1.05 bits per heavy atom. The minimum Gasteiger partial charge on any atom is -0.390 e. The summed E-state index contributed by atoms with van der Waals surface area (Å²) >= 11 is 0. The summed E-state index contributed by atoms with van der Waals surface area (Å²) in [5.74, 6) is -1.63. The molecule has 3 nitrogen and oxygen atoms in total. The molecule has 1 aromatic rings. The molecule has 0 unspecified atom stereocenters. The summed E-state index contributed by atoms with van der Waals surface area (Å²) in [5, 5.41) is 0. The fraction of sp³-hybridized carbons (Fsp3) is 0.538. The first-order valence-electron chi connectivity index (χ1n) is 6.27. The number of halogens is 2. The molecule has 0 fully saturated rings. The van der Waals surface area contributed by atoms with Crippen molar-refractivity contribution in [2.24, 2.45) is 0 Å². The molecule has 0 saturated heterocycles. The number of benzene rings is 1. The molecule has 0 heterocycles. The fourth-order valence-corrected chi connectivity index (χ4v) is 3.11. The molecule has 1 N–H and O–H groups in total. The quantitative estimate of drug-likeness (QED) is 0.591. The molecule has 0 aromatic heterocycles. The van der Waals surface area contributed by atoms with Gasteiger partial charge in [-0.2, -0.15) is 0 Å². The van der Waals surface area contributed by atoms with Crippen LogP contribution in [-0.4, -0.2) is 27.8 Å². The molecular formula is C13H20F2O3Si. The van der Waals surface area contributed by atoms with Gasteiger partial charge in [0.1, 0.15) is 0 Å². The van der Waals surface area contributed by atoms with Crippen molar-refractivity contribution in [2.75, 3.05) is 14.2 Å². The van der Waals surface area contributed by atoms with Crippen LogP contribution in [0.5, 0.6) is 0 Å². The molecule has 0 radical (unpaired) electrons. The molecule has 1 aromatic carbocycles. The lowest BCUT2D eigenvalue weighted by Gasteiger charge is -2.19. The molecule has 0 aliphatic rings. The zero-order valence-corrected chi connectivity index (χ0v) is 12.3. The molecule has 0 amide bonds. The molecule has 0 atom stereocenters. The highest BCUT2D eigenvalue weighted by atomic mass is 28.4. The van der Waals surface area contributed by atoms with Crippen molar-refractivity contribution in [3.8, 4) is 0 Å². The van der Waals surface area contributed by atoms with Crippen molar-refractivity contribution >= 4 is 8.80 Å². The second kappa shape index (κ2) is 7.69. The molecule has 0 bridgehead atoms. The third kappa shape index (κ3) is 5.36. The number of hydrogen-bond donors (Lipinski definition) is 1. The fourth-order valence-electron chi connectivity index (χ4n) is 1.84. The summed E-state index contributed by atoms with van der Waals surface area (Å²) in [5.41, 5.74) is 0.782. The molecule has 0 spiro atoms. The van der Waals surface area contributed by atoms with Gasteiger partial charge in [-0.25, -0.2) is 8.78 Å². The van der Waals surface area contributed by atoms with Gasteiger partial charge < -0.3 is 13.6 Å². The van der Waals surface area contributed by atoms with Crippen molar-refractivity contribution in [3.63, 3.8) is 0 Å². The average molecular weight is 290 g/mol. The van der Waals surface area contributed by atoms with Crippen LogP contribution in [0, 0.1) is 11.6 Å². The van der Waals surface area contributed by atoms with E-state index in [1.807, 2.05) is 0 Å². The lowest BCUT2D eigenvalue weighted by atomic mass is 10.1. The van der Waals surface area contributed by atoms with Crippen molar-refractivity contribution < 1.29 is 22.4 Å². The van der Waals surface area contributed by atoms with E-state index in [9.17, 15) is 13.6 Å². The first-order valence-corrected chi connectivity index (χ1v) is 8.24. The van der Waals surface area contributed by atoms with Gasteiger partial charge in [0.25, 0.3) is 0 Å². The van der Waals surface area contributed by atoms with Crippen LogP contribution in [0.15, 0.2) is 18.2 Å². The zero-order chi connectivity index (χ0) is 14.3. The largest absolute Gasteiger partial charge is 0.497 e. The lowest BCUT2D eigenvalue weighted by molar-refractivity contribution is 0.150. The van der Waals surface area contributed by atoms with Gasteiger partial charge in [-0.15, -0.1) is 0 Å². The Bertz CT molecular complexity index is 397. The van der Waals surface area contributed by atoms with E-state index in [4.69, 9.17) is 8.85 Å². The average Bonchev–Trinajstić information content (AvgIpc) is 2.42. The SMILES string of the molecule is CO[Si](O)(CCCCCc1ccc(F)c(F)c1)OC. The monoisotopic (exact) mass is 290 g/mol. The second-order valence-electron chi connectivity index (χ2n) is 4.43. The van der Waals surface area contributed by atoms with Crippen LogP contribution in [0.3, 0.4) is 0 Å². The van der Waals surface area contributed by atoms with Gasteiger partial charge >= 0.3 is 8.80 Å². The maximum atomic E-state index is 13.0. The summed E-state index contributed by atoms with van der Waals surface area (Å²) in [6.45, 7) is 0. The number of unbranched alkanes of at least 4 members (excludes halogenated alkanes) is 2. The van der Waals surface area contributed by atoms with E-state index in [-0.39, 0.29) is 0 Å². The highest BCUT2D eigenvalue weighted by molar-refractivity contribution is 6.59. The van der Waals surface area contributed by atoms with E-state index >= 15 is 0 Å². The van der Waals surface area contributed by atoms with E-state index in [1.54, 1.807) is 6.07 Å². The Kier molecular flexibility index (Phi) is 6.57. The van der Waals surface area contributed by atoms with Crippen LogP contribution in [0.4, 0.5) is 8.78 Å². The molecule has 0 saturated carbocycles. The van der Waals surface area contributed by atoms with Crippen molar-refractivity contribution in [2.45, 2.75) is 31.7 Å². The minimum absolute atomic E-state index is 0.512. The Hall–Kier alpha value is -0.823. The normalized spacial score (nSPS) is 11.8. The number of rotatable bonds is 8. The predicted octanol–water partition coefficient (Wildman–Crippen LogP) is 2.90. The highest BCUT2D eigenvalue weighted by Crippen LogP contribution is 2.16. The first kappa shape index (κ1) is 16.2. The molecule has 0 aliphatic carbocycles. The topological polar surface area (TPSA) is 38.7 Å². The van der Waals surface area contributed by atoms with Gasteiger partial charge in [-0.3, -0.25) is 0 Å². The number of aryl methyl sites for hydroxylation is 1. The first-order chi connectivity index (χ1) is 9.00. The summed E-state index contributed by atoms with van der Waals surface area (Å²) in [7, 11) is -0.0696. The summed E-state index contributed by atoms with van der Waals surface area (Å²) in [4.78, 5) is 9.82. The van der Waals surface area contributed by atoms with Crippen molar-refractivity contribution in [3.05, 3.63) is 35.4 Å². The van der Waals surface area contributed by atoms with Gasteiger partial charge in [0.15, 0.2) is 11.6 Å². The van der Waals surface area contributed by atoms with Crippen LogP contribution < -0.4 is 0 Å². The summed E-state index contributed by atoms with van der Waals surface area (Å²) < 4.78 is 35.6. The highest BCUT2D eigenvalue weighted by Gasteiger charge is 2.33. The van der Waals surface area contributed by atoms with E-state index in [1.165, 1.54) is 20.3 Å². The van der Waals surface area contributed by atoms with Crippen molar-refractivity contribution in [1.29, 1.82) is 0 Å². The van der Waals surface area contributed by atoms with Gasteiger partial charge in [-0.1, -0.05) is 12.5 Å². The predicted molar refractivity (Wildman–Crippen MR) is 70.7 cm³/mol. The Morgan fingerprint density at radius 3 is 2.32 bits per heavy atom. The van der Waals surface area contributed by atoms with Gasteiger partial charge in [0, 0.05) is 20.3 Å². The van der Waals surface area contributed by atoms with Gasteiger partial charge in [-0.05, 0) is 37.0 Å².